The van der Waals surface area contributed by atoms with Crippen LogP contribution in [0.1, 0.15) is 33.6 Å². The highest BCUT2D eigenvalue weighted by Crippen LogP contribution is 2.30. The summed E-state index contributed by atoms with van der Waals surface area (Å²) in [5.41, 5.74) is 0.567. The third kappa shape index (κ3) is 2.34. The van der Waals surface area contributed by atoms with Crippen LogP contribution in [-0.4, -0.2) is 24.0 Å². The maximum absolute atomic E-state index is 3.83. The van der Waals surface area contributed by atoms with Crippen molar-refractivity contribution < 1.29 is 0 Å². The van der Waals surface area contributed by atoms with Crippen molar-refractivity contribution in [2.45, 2.75) is 39.7 Å². The summed E-state index contributed by atoms with van der Waals surface area (Å²) in [6, 6.07) is 0.557. The van der Waals surface area contributed by atoms with Crippen molar-refractivity contribution in [3.05, 3.63) is 12.7 Å². The summed E-state index contributed by atoms with van der Waals surface area (Å²) in [5.74, 6) is 0. The summed E-state index contributed by atoms with van der Waals surface area (Å²) in [5, 5.41) is 0. The molecule has 1 aliphatic heterocycles. The molecule has 1 nitrogen and oxygen atoms in total. The number of likely N-dealkylation sites (tertiary alicyclic amines) is 1. The normalized spacial score (nSPS) is 26.6. The Balaban J connectivity index is 2.40. The van der Waals surface area contributed by atoms with E-state index in [2.05, 4.69) is 32.3 Å². The molecule has 0 aromatic rings. The molecule has 0 spiro atoms. The molecule has 70 valence electrons. The van der Waals surface area contributed by atoms with Crippen LogP contribution in [0.5, 0.6) is 0 Å². The zero-order valence-electron chi connectivity index (χ0n) is 8.64. The van der Waals surface area contributed by atoms with Crippen molar-refractivity contribution in [2.24, 2.45) is 5.41 Å². The SMILES string of the molecule is C=CC(C)N1CCC(C)(C)CC1. The summed E-state index contributed by atoms with van der Waals surface area (Å²) in [4.78, 5) is 2.51. The van der Waals surface area contributed by atoms with Crippen LogP contribution in [0.15, 0.2) is 12.7 Å². The van der Waals surface area contributed by atoms with Crippen LogP contribution >= 0.6 is 0 Å². The lowest BCUT2D eigenvalue weighted by Gasteiger charge is -2.39. The molecule has 1 unspecified atom stereocenters. The lowest BCUT2D eigenvalue weighted by Crippen LogP contribution is -2.41. The van der Waals surface area contributed by atoms with Crippen LogP contribution in [0.2, 0.25) is 0 Å². The Bertz CT molecular complexity index is 150. The Kier molecular flexibility index (Phi) is 2.94. The summed E-state index contributed by atoms with van der Waals surface area (Å²) >= 11 is 0. The lowest BCUT2D eigenvalue weighted by molar-refractivity contribution is 0.116. The van der Waals surface area contributed by atoms with E-state index in [-0.39, 0.29) is 0 Å². The largest absolute Gasteiger partial charge is 0.297 e. The second-order valence-corrected chi connectivity index (χ2v) is 4.68. The minimum atomic E-state index is 0.557. The molecule has 1 rings (SSSR count). The molecule has 0 aromatic carbocycles. The van der Waals surface area contributed by atoms with E-state index in [1.54, 1.807) is 0 Å². The van der Waals surface area contributed by atoms with Crippen molar-refractivity contribution in [1.82, 2.24) is 4.90 Å². The summed E-state index contributed by atoms with van der Waals surface area (Å²) in [6.45, 7) is 13.3. The number of hydrogen-bond donors (Lipinski definition) is 0. The van der Waals surface area contributed by atoms with Gasteiger partial charge in [-0.25, -0.2) is 0 Å². The molecule has 0 amide bonds. The van der Waals surface area contributed by atoms with Crippen molar-refractivity contribution in [1.29, 1.82) is 0 Å². The van der Waals surface area contributed by atoms with Gasteiger partial charge in [-0.15, -0.1) is 6.58 Å². The van der Waals surface area contributed by atoms with Crippen molar-refractivity contribution in [3.63, 3.8) is 0 Å². The van der Waals surface area contributed by atoms with Crippen LogP contribution in [0, 0.1) is 5.41 Å². The van der Waals surface area contributed by atoms with Crippen LogP contribution in [0.4, 0.5) is 0 Å². The first-order valence-corrected chi connectivity index (χ1v) is 4.92. The predicted octanol–water partition coefficient (Wildman–Crippen LogP) is 2.68. The molecule has 0 aliphatic carbocycles. The van der Waals surface area contributed by atoms with Crippen molar-refractivity contribution in [2.75, 3.05) is 13.1 Å². The molecule has 1 heteroatoms. The van der Waals surface area contributed by atoms with Gasteiger partial charge in [0.15, 0.2) is 0 Å². The van der Waals surface area contributed by atoms with Crippen molar-refractivity contribution in [3.8, 4) is 0 Å². The minimum absolute atomic E-state index is 0.557. The van der Waals surface area contributed by atoms with E-state index in [0.29, 0.717) is 11.5 Å². The Morgan fingerprint density at radius 3 is 2.25 bits per heavy atom. The molecule has 0 bridgehead atoms. The van der Waals surface area contributed by atoms with E-state index in [0.717, 1.165) is 0 Å². The van der Waals surface area contributed by atoms with Gasteiger partial charge in [0, 0.05) is 6.04 Å². The Morgan fingerprint density at radius 2 is 1.83 bits per heavy atom. The highest BCUT2D eigenvalue weighted by molar-refractivity contribution is 4.88. The molecule has 1 atom stereocenters. The Morgan fingerprint density at radius 1 is 1.33 bits per heavy atom. The molecule has 1 heterocycles. The standard InChI is InChI=1S/C11H21N/c1-5-10(2)12-8-6-11(3,4)7-9-12/h5,10H,1,6-9H2,2-4H3. The first-order valence-electron chi connectivity index (χ1n) is 4.92. The number of piperidine rings is 1. The molecule has 1 saturated heterocycles. The number of nitrogens with zero attached hydrogens (tertiary/aromatic N) is 1. The lowest BCUT2D eigenvalue weighted by atomic mass is 9.82. The van der Waals surface area contributed by atoms with E-state index in [1.807, 2.05) is 6.08 Å². The third-order valence-electron chi connectivity index (χ3n) is 3.07. The van der Waals surface area contributed by atoms with Gasteiger partial charge in [0.2, 0.25) is 0 Å². The highest BCUT2D eigenvalue weighted by atomic mass is 15.2. The van der Waals surface area contributed by atoms with Gasteiger partial charge < -0.3 is 0 Å². The van der Waals surface area contributed by atoms with E-state index in [1.165, 1.54) is 25.9 Å². The first-order chi connectivity index (χ1) is 5.55. The molecule has 12 heavy (non-hydrogen) atoms. The second-order valence-electron chi connectivity index (χ2n) is 4.68. The molecule has 0 radical (unpaired) electrons. The summed E-state index contributed by atoms with van der Waals surface area (Å²) < 4.78 is 0. The topological polar surface area (TPSA) is 3.24 Å². The maximum atomic E-state index is 3.83. The second kappa shape index (κ2) is 3.61. The smallest absolute Gasteiger partial charge is 0.0247 e. The van der Waals surface area contributed by atoms with Gasteiger partial charge in [0.25, 0.3) is 0 Å². The molecule has 0 saturated carbocycles. The van der Waals surface area contributed by atoms with Gasteiger partial charge >= 0.3 is 0 Å². The van der Waals surface area contributed by atoms with Crippen LogP contribution < -0.4 is 0 Å². The van der Waals surface area contributed by atoms with Gasteiger partial charge in [0.05, 0.1) is 0 Å². The van der Waals surface area contributed by atoms with E-state index in [4.69, 9.17) is 0 Å². The Hall–Kier alpha value is -0.300. The zero-order valence-corrected chi connectivity index (χ0v) is 8.64. The molecular formula is C11H21N. The van der Waals surface area contributed by atoms with Gasteiger partial charge in [-0.2, -0.15) is 0 Å². The van der Waals surface area contributed by atoms with Crippen LogP contribution in [0.25, 0.3) is 0 Å². The molecular weight excluding hydrogens is 146 g/mol. The fourth-order valence-electron chi connectivity index (χ4n) is 1.69. The average molecular weight is 167 g/mol. The van der Waals surface area contributed by atoms with Gasteiger partial charge in [-0.3, -0.25) is 4.90 Å². The van der Waals surface area contributed by atoms with E-state index >= 15 is 0 Å². The molecule has 1 fully saturated rings. The first kappa shape index (κ1) is 9.79. The summed E-state index contributed by atoms with van der Waals surface area (Å²) in [7, 11) is 0. The minimum Gasteiger partial charge on any atom is -0.297 e. The highest BCUT2D eigenvalue weighted by Gasteiger charge is 2.26. The fourth-order valence-corrected chi connectivity index (χ4v) is 1.69. The monoisotopic (exact) mass is 167 g/mol. The van der Waals surface area contributed by atoms with Crippen molar-refractivity contribution >= 4 is 0 Å². The number of hydrogen-bond acceptors (Lipinski definition) is 1. The predicted molar refractivity (Wildman–Crippen MR) is 54.2 cm³/mol. The van der Waals surface area contributed by atoms with Crippen LogP contribution in [0.3, 0.4) is 0 Å². The fraction of sp³-hybridized carbons (Fsp3) is 0.818. The third-order valence-corrected chi connectivity index (χ3v) is 3.07. The maximum Gasteiger partial charge on any atom is 0.0247 e. The van der Waals surface area contributed by atoms with Gasteiger partial charge in [-0.1, -0.05) is 19.9 Å². The van der Waals surface area contributed by atoms with E-state index in [9.17, 15) is 0 Å². The zero-order chi connectivity index (χ0) is 9.19. The van der Waals surface area contributed by atoms with Crippen LogP contribution in [-0.2, 0) is 0 Å². The quantitative estimate of drug-likeness (QED) is 0.572. The van der Waals surface area contributed by atoms with E-state index < -0.39 is 0 Å². The Labute approximate surface area is 76.5 Å². The molecule has 0 N–H and O–H groups in total. The van der Waals surface area contributed by atoms with Gasteiger partial charge in [-0.05, 0) is 38.3 Å². The summed E-state index contributed by atoms with van der Waals surface area (Å²) in [6.07, 6.45) is 4.69. The average Bonchev–Trinajstić information content (AvgIpc) is 2.03. The number of rotatable bonds is 2. The molecule has 0 aromatic heterocycles. The molecule has 1 aliphatic rings. The van der Waals surface area contributed by atoms with Gasteiger partial charge in [0.1, 0.15) is 0 Å².